The number of likely N-dealkylation sites (N-methyl/N-ethyl adjacent to an activating group) is 1. The Bertz CT molecular complexity index is 296. The lowest BCUT2D eigenvalue weighted by Crippen LogP contribution is -2.47. The van der Waals surface area contributed by atoms with Gasteiger partial charge in [0.05, 0.1) is 12.7 Å². The number of rotatable bonds is 9. The molecule has 2 fully saturated rings. The molecule has 3 unspecified atom stereocenters. The van der Waals surface area contributed by atoms with E-state index in [9.17, 15) is 5.11 Å². The minimum Gasteiger partial charge on any atom is -0.394 e. The van der Waals surface area contributed by atoms with Gasteiger partial charge in [-0.15, -0.1) is 0 Å². The van der Waals surface area contributed by atoms with Crippen molar-refractivity contribution >= 4 is 0 Å². The van der Waals surface area contributed by atoms with Crippen LogP contribution in [0.5, 0.6) is 0 Å². The zero-order valence-corrected chi connectivity index (χ0v) is 13.4. The van der Waals surface area contributed by atoms with E-state index >= 15 is 0 Å². The summed E-state index contributed by atoms with van der Waals surface area (Å²) in [6, 6.07) is 1.25. The predicted octanol–water partition coefficient (Wildman–Crippen LogP) is 1.77. The second-order valence-corrected chi connectivity index (χ2v) is 7.01. The van der Waals surface area contributed by atoms with Crippen LogP contribution in [0.1, 0.15) is 52.4 Å². The van der Waals surface area contributed by atoms with E-state index in [-0.39, 0.29) is 12.1 Å². The van der Waals surface area contributed by atoms with Gasteiger partial charge in [-0.2, -0.15) is 0 Å². The van der Waals surface area contributed by atoms with E-state index in [0.717, 1.165) is 26.0 Å². The first kappa shape index (κ1) is 16.2. The summed E-state index contributed by atoms with van der Waals surface area (Å²) in [7, 11) is 2.21. The van der Waals surface area contributed by atoms with Crippen molar-refractivity contribution in [2.75, 3.05) is 26.8 Å². The van der Waals surface area contributed by atoms with Gasteiger partial charge in [-0.3, -0.25) is 0 Å². The van der Waals surface area contributed by atoms with Crippen LogP contribution < -0.4 is 5.32 Å². The van der Waals surface area contributed by atoms with Gasteiger partial charge in [0.1, 0.15) is 0 Å². The SMILES string of the molecule is CC1OCCC1N(C)CCCCC(C)(CO)NC1CC1. The monoisotopic (exact) mass is 284 g/mol. The highest BCUT2D eigenvalue weighted by Crippen LogP contribution is 2.25. The molecule has 2 rings (SSSR count). The molecule has 0 aromatic rings. The summed E-state index contributed by atoms with van der Waals surface area (Å²) in [4.78, 5) is 2.45. The zero-order valence-electron chi connectivity index (χ0n) is 13.4. The Morgan fingerprint density at radius 3 is 2.60 bits per heavy atom. The molecule has 4 nitrogen and oxygen atoms in total. The minimum atomic E-state index is -0.0799. The number of aliphatic hydroxyl groups is 1. The maximum atomic E-state index is 9.59. The topological polar surface area (TPSA) is 44.7 Å². The summed E-state index contributed by atoms with van der Waals surface area (Å²) in [5.41, 5.74) is -0.0799. The normalized spacial score (nSPS) is 29.9. The Balaban J connectivity index is 1.62. The fourth-order valence-electron chi connectivity index (χ4n) is 3.26. The number of nitrogens with one attached hydrogen (secondary N) is 1. The second-order valence-electron chi connectivity index (χ2n) is 7.01. The first-order valence-corrected chi connectivity index (χ1v) is 8.24. The first-order chi connectivity index (χ1) is 9.54. The molecular weight excluding hydrogens is 252 g/mol. The number of aliphatic hydroxyl groups excluding tert-OH is 1. The van der Waals surface area contributed by atoms with Gasteiger partial charge in [0.2, 0.25) is 0 Å². The van der Waals surface area contributed by atoms with E-state index in [0.29, 0.717) is 18.2 Å². The van der Waals surface area contributed by atoms with Gasteiger partial charge in [0.15, 0.2) is 0 Å². The van der Waals surface area contributed by atoms with Gasteiger partial charge in [0.25, 0.3) is 0 Å². The summed E-state index contributed by atoms with van der Waals surface area (Å²) in [6.45, 7) is 6.61. The van der Waals surface area contributed by atoms with Crippen molar-refractivity contribution in [1.29, 1.82) is 0 Å². The van der Waals surface area contributed by atoms with Crippen molar-refractivity contribution in [3.8, 4) is 0 Å². The number of ether oxygens (including phenoxy) is 1. The molecule has 1 aliphatic heterocycles. The van der Waals surface area contributed by atoms with E-state index < -0.39 is 0 Å². The third kappa shape index (κ3) is 4.69. The Labute approximate surface area is 123 Å². The van der Waals surface area contributed by atoms with Gasteiger partial charge < -0.3 is 20.1 Å². The van der Waals surface area contributed by atoms with E-state index in [1.165, 1.54) is 25.7 Å². The lowest BCUT2D eigenvalue weighted by molar-refractivity contribution is 0.0825. The Kier molecular flexibility index (Phi) is 5.84. The second kappa shape index (κ2) is 7.21. The van der Waals surface area contributed by atoms with Crippen LogP contribution in [-0.4, -0.2) is 60.5 Å². The van der Waals surface area contributed by atoms with Gasteiger partial charge >= 0.3 is 0 Å². The summed E-state index contributed by atoms with van der Waals surface area (Å²) in [5, 5.41) is 13.2. The molecule has 2 N–H and O–H groups in total. The van der Waals surface area contributed by atoms with Crippen LogP contribution in [0.25, 0.3) is 0 Å². The van der Waals surface area contributed by atoms with E-state index in [2.05, 4.69) is 31.1 Å². The highest BCUT2D eigenvalue weighted by molar-refractivity contribution is 4.92. The fourth-order valence-corrected chi connectivity index (χ4v) is 3.26. The Morgan fingerprint density at radius 1 is 1.30 bits per heavy atom. The lowest BCUT2D eigenvalue weighted by atomic mass is 9.95. The quantitative estimate of drug-likeness (QED) is 0.633. The third-order valence-corrected chi connectivity index (χ3v) is 4.87. The molecule has 0 aromatic carbocycles. The van der Waals surface area contributed by atoms with E-state index in [4.69, 9.17) is 4.74 Å². The molecule has 1 aliphatic carbocycles. The molecule has 1 heterocycles. The van der Waals surface area contributed by atoms with Crippen molar-refractivity contribution < 1.29 is 9.84 Å². The molecule has 0 amide bonds. The van der Waals surface area contributed by atoms with Crippen LogP contribution >= 0.6 is 0 Å². The Morgan fingerprint density at radius 2 is 2.05 bits per heavy atom. The molecule has 1 saturated carbocycles. The molecule has 118 valence electrons. The number of hydrogen-bond acceptors (Lipinski definition) is 4. The van der Waals surface area contributed by atoms with Crippen molar-refractivity contribution in [3.63, 3.8) is 0 Å². The average Bonchev–Trinajstić information content (AvgIpc) is 3.13. The summed E-state index contributed by atoms with van der Waals surface area (Å²) < 4.78 is 5.63. The highest BCUT2D eigenvalue weighted by Gasteiger charge is 2.31. The first-order valence-electron chi connectivity index (χ1n) is 8.24. The molecule has 1 saturated heterocycles. The minimum absolute atomic E-state index is 0.0799. The standard InChI is InChI=1S/C16H32N2O2/c1-13-15(8-11-20-13)18(3)10-5-4-9-16(2,12-19)17-14-6-7-14/h13-15,17,19H,4-12H2,1-3H3. The van der Waals surface area contributed by atoms with Crippen LogP contribution in [0.3, 0.4) is 0 Å². The lowest BCUT2D eigenvalue weighted by Gasteiger charge is -2.30. The molecule has 0 spiro atoms. The van der Waals surface area contributed by atoms with Gasteiger partial charge in [0, 0.05) is 24.2 Å². The summed E-state index contributed by atoms with van der Waals surface area (Å²) in [6.07, 6.45) is 7.51. The van der Waals surface area contributed by atoms with Gasteiger partial charge in [-0.05, 0) is 59.5 Å². The van der Waals surface area contributed by atoms with Gasteiger partial charge in [-0.1, -0.05) is 6.42 Å². The molecule has 0 bridgehead atoms. The van der Waals surface area contributed by atoms with Gasteiger partial charge in [-0.25, -0.2) is 0 Å². The molecule has 2 aliphatic rings. The summed E-state index contributed by atoms with van der Waals surface area (Å²) >= 11 is 0. The van der Waals surface area contributed by atoms with Crippen LogP contribution in [0.2, 0.25) is 0 Å². The highest BCUT2D eigenvalue weighted by atomic mass is 16.5. The number of hydrogen-bond donors (Lipinski definition) is 2. The van der Waals surface area contributed by atoms with Crippen LogP contribution in [0.15, 0.2) is 0 Å². The fraction of sp³-hybridized carbons (Fsp3) is 1.00. The zero-order chi connectivity index (χ0) is 14.6. The number of unbranched alkanes of at least 4 members (excludes halogenated alkanes) is 1. The van der Waals surface area contributed by atoms with Crippen molar-refractivity contribution in [2.24, 2.45) is 0 Å². The molecule has 0 radical (unpaired) electrons. The molecule has 3 atom stereocenters. The molecule has 0 aromatic heterocycles. The maximum absolute atomic E-state index is 9.59. The van der Waals surface area contributed by atoms with Crippen LogP contribution in [-0.2, 0) is 4.74 Å². The average molecular weight is 284 g/mol. The van der Waals surface area contributed by atoms with Crippen molar-refractivity contribution in [2.45, 2.75) is 76.1 Å². The molecular formula is C16H32N2O2. The molecule has 20 heavy (non-hydrogen) atoms. The largest absolute Gasteiger partial charge is 0.394 e. The van der Waals surface area contributed by atoms with Crippen LogP contribution in [0, 0.1) is 0 Å². The smallest absolute Gasteiger partial charge is 0.0702 e. The number of nitrogens with zero attached hydrogens (tertiary/aromatic N) is 1. The Hall–Kier alpha value is -0.160. The maximum Gasteiger partial charge on any atom is 0.0702 e. The molecule has 4 heteroatoms. The third-order valence-electron chi connectivity index (χ3n) is 4.87. The van der Waals surface area contributed by atoms with E-state index in [1.807, 2.05) is 0 Å². The van der Waals surface area contributed by atoms with E-state index in [1.54, 1.807) is 0 Å². The van der Waals surface area contributed by atoms with Crippen molar-refractivity contribution in [3.05, 3.63) is 0 Å². The van der Waals surface area contributed by atoms with Crippen LogP contribution in [0.4, 0.5) is 0 Å². The van der Waals surface area contributed by atoms with Crippen molar-refractivity contribution in [1.82, 2.24) is 10.2 Å². The predicted molar refractivity (Wildman–Crippen MR) is 81.9 cm³/mol. The summed E-state index contributed by atoms with van der Waals surface area (Å²) in [5.74, 6) is 0.